The van der Waals surface area contributed by atoms with E-state index in [-0.39, 0.29) is 18.5 Å². The maximum atomic E-state index is 12.5. The fourth-order valence-electron chi connectivity index (χ4n) is 11.5. The summed E-state index contributed by atoms with van der Waals surface area (Å²) in [6.45, 7) is 5.00. The third-order valence-electron chi connectivity index (χ3n) is 16.9. The number of rotatable bonds is 67. The smallest absolute Gasteiger partial charge is 0.305 e. The lowest BCUT2D eigenvalue weighted by atomic mass is 10.0. The van der Waals surface area contributed by atoms with E-state index in [4.69, 9.17) is 4.74 Å². The first-order valence-corrected chi connectivity index (χ1v) is 35.3. The van der Waals surface area contributed by atoms with E-state index < -0.39 is 12.1 Å². The van der Waals surface area contributed by atoms with Crippen LogP contribution < -0.4 is 5.32 Å². The maximum absolute atomic E-state index is 12.5. The van der Waals surface area contributed by atoms with Gasteiger partial charge >= 0.3 is 5.97 Å². The molecule has 1 amide bonds. The van der Waals surface area contributed by atoms with Gasteiger partial charge in [-0.3, -0.25) is 9.59 Å². The quantitative estimate of drug-likeness (QED) is 0.0417. The molecule has 0 aromatic rings. The summed E-state index contributed by atoms with van der Waals surface area (Å²) in [6, 6.07) is -0.537. The second-order valence-electron chi connectivity index (χ2n) is 24.6. The van der Waals surface area contributed by atoms with Gasteiger partial charge in [-0.15, -0.1) is 0 Å². The first kappa shape index (κ1) is 74.9. The summed E-state index contributed by atoms with van der Waals surface area (Å²) < 4.78 is 5.52. The van der Waals surface area contributed by atoms with Crippen LogP contribution in [-0.4, -0.2) is 47.4 Å². The topological polar surface area (TPSA) is 95.9 Å². The van der Waals surface area contributed by atoms with Crippen molar-refractivity contribution in [3.63, 3.8) is 0 Å². The van der Waals surface area contributed by atoms with E-state index in [1.54, 1.807) is 0 Å². The van der Waals surface area contributed by atoms with Gasteiger partial charge in [0.25, 0.3) is 0 Å². The van der Waals surface area contributed by atoms with E-state index in [0.717, 1.165) is 38.5 Å². The summed E-state index contributed by atoms with van der Waals surface area (Å²) in [7, 11) is 0. The molecule has 0 radical (unpaired) electrons. The Labute approximate surface area is 476 Å². The van der Waals surface area contributed by atoms with Crippen LogP contribution in [-0.2, 0) is 14.3 Å². The van der Waals surface area contributed by atoms with Gasteiger partial charge in [-0.1, -0.05) is 373 Å². The summed E-state index contributed by atoms with van der Waals surface area (Å²) >= 11 is 0. The number of aliphatic hydroxyl groups excluding tert-OH is 2. The lowest BCUT2D eigenvalue weighted by Gasteiger charge is -2.22. The molecule has 0 aliphatic carbocycles. The minimum atomic E-state index is -0.660. The molecule has 6 heteroatoms. The number of nitrogens with one attached hydrogen (secondary N) is 1. The zero-order chi connectivity index (χ0) is 55.0. The van der Waals surface area contributed by atoms with Crippen molar-refractivity contribution < 1.29 is 24.5 Å². The number of ether oxygens (including phenoxy) is 1. The Bertz CT molecular complexity index is 1100. The van der Waals surface area contributed by atoms with E-state index in [1.807, 2.05) is 0 Å². The second kappa shape index (κ2) is 66.4. The van der Waals surface area contributed by atoms with Crippen molar-refractivity contribution in [3.8, 4) is 0 Å². The second-order valence-corrected chi connectivity index (χ2v) is 24.6. The van der Waals surface area contributed by atoms with Crippen molar-refractivity contribution in [3.05, 3.63) is 0 Å². The van der Waals surface area contributed by atoms with Crippen LogP contribution >= 0.6 is 0 Å². The molecule has 0 spiro atoms. The maximum Gasteiger partial charge on any atom is 0.305 e. The SMILES string of the molecule is CCCCCCCCCCCCCCCCCCCCCC(=O)OCCCCCCCCCCCCCCCCCCCCCCCCCCCCCCC(=O)NC(CO)C(O)CCCCCCCCCCCCCC. The number of amides is 1. The summed E-state index contributed by atoms with van der Waals surface area (Å²) in [5.74, 6) is -0.00470. The summed E-state index contributed by atoms with van der Waals surface area (Å²) in [5.41, 5.74) is 0. The Morgan fingerprint density at radius 2 is 0.539 bits per heavy atom. The molecule has 2 unspecified atom stereocenters. The molecule has 0 aromatic carbocycles. The van der Waals surface area contributed by atoms with Gasteiger partial charge in [0.05, 0.1) is 25.4 Å². The van der Waals surface area contributed by atoms with Crippen molar-refractivity contribution in [1.29, 1.82) is 0 Å². The van der Waals surface area contributed by atoms with Crippen molar-refractivity contribution in [2.75, 3.05) is 13.2 Å². The standard InChI is InChI=1S/C70H139NO5/c1-3-5-7-9-11-13-15-17-18-19-30-34-37-40-44-48-52-56-60-64-70(75)76-65-61-57-53-49-45-41-38-35-32-29-27-25-23-21-20-22-24-26-28-31-33-36-39-43-47-51-55-59-63-69(74)71-67(66-72)68(73)62-58-54-50-46-42-16-14-12-10-8-6-4-2/h67-68,72-73H,3-66H2,1-2H3,(H,71,74). The molecule has 0 heterocycles. The number of carbonyl (C=O) groups is 2. The Kier molecular flexibility index (Phi) is 65.4. The molecule has 454 valence electrons. The first-order chi connectivity index (χ1) is 37.5. The molecule has 0 saturated heterocycles. The number of carbonyl (C=O) groups excluding carboxylic acids is 2. The normalized spacial score (nSPS) is 12.4. The van der Waals surface area contributed by atoms with Crippen LogP contribution in [0.25, 0.3) is 0 Å². The zero-order valence-electron chi connectivity index (χ0n) is 52.0. The fourth-order valence-corrected chi connectivity index (χ4v) is 11.5. The van der Waals surface area contributed by atoms with Crippen molar-refractivity contribution in [2.24, 2.45) is 0 Å². The Morgan fingerprint density at radius 1 is 0.316 bits per heavy atom. The van der Waals surface area contributed by atoms with Gasteiger partial charge in [-0.05, 0) is 25.7 Å². The first-order valence-electron chi connectivity index (χ1n) is 35.3. The molecule has 0 aromatic heterocycles. The Balaban J connectivity index is 3.29. The van der Waals surface area contributed by atoms with Gasteiger partial charge in [0, 0.05) is 12.8 Å². The number of unbranched alkanes of at least 4 members (excludes halogenated alkanes) is 56. The molecule has 0 aliphatic rings. The van der Waals surface area contributed by atoms with E-state index >= 15 is 0 Å². The molecule has 76 heavy (non-hydrogen) atoms. The number of hydrogen-bond acceptors (Lipinski definition) is 5. The highest BCUT2D eigenvalue weighted by Gasteiger charge is 2.20. The van der Waals surface area contributed by atoms with E-state index in [2.05, 4.69) is 19.2 Å². The predicted octanol–water partition coefficient (Wildman–Crippen LogP) is 22.6. The molecule has 0 bridgehead atoms. The Morgan fingerprint density at radius 3 is 0.803 bits per heavy atom. The minimum absolute atomic E-state index is 0.0248. The van der Waals surface area contributed by atoms with Crippen molar-refractivity contribution >= 4 is 11.9 Å². The highest BCUT2D eigenvalue weighted by Crippen LogP contribution is 2.20. The summed E-state index contributed by atoms with van der Waals surface area (Å²) in [6.07, 6.45) is 80.2. The highest BCUT2D eigenvalue weighted by atomic mass is 16.5. The van der Waals surface area contributed by atoms with Crippen LogP contribution in [0.1, 0.15) is 412 Å². The average Bonchev–Trinajstić information content (AvgIpc) is 3.42. The molecular weight excluding hydrogens is 935 g/mol. The van der Waals surface area contributed by atoms with E-state index in [1.165, 1.54) is 340 Å². The average molecular weight is 1070 g/mol. The molecule has 3 N–H and O–H groups in total. The largest absolute Gasteiger partial charge is 0.466 e. The highest BCUT2D eigenvalue weighted by molar-refractivity contribution is 5.76. The van der Waals surface area contributed by atoms with Gasteiger partial charge in [-0.2, -0.15) is 0 Å². The number of esters is 1. The molecule has 0 rings (SSSR count). The van der Waals surface area contributed by atoms with Gasteiger partial charge in [0.1, 0.15) is 0 Å². The lowest BCUT2D eigenvalue weighted by molar-refractivity contribution is -0.143. The van der Waals surface area contributed by atoms with Crippen LogP contribution in [0.15, 0.2) is 0 Å². The van der Waals surface area contributed by atoms with Gasteiger partial charge < -0.3 is 20.3 Å². The van der Waals surface area contributed by atoms with Gasteiger partial charge in [-0.25, -0.2) is 0 Å². The summed E-state index contributed by atoms with van der Waals surface area (Å²) in [5, 5.41) is 23.3. The van der Waals surface area contributed by atoms with Crippen molar-refractivity contribution in [1.82, 2.24) is 5.32 Å². The number of hydrogen-bond donors (Lipinski definition) is 3. The molecular formula is C70H139NO5. The third kappa shape index (κ3) is 62.1. The van der Waals surface area contributed by atoms with Crippen LogP contribution in [0.5, 0.6) is 0 Å². The molecule has 0 aliphatic heterocycles. The lowest BCUT2D eigenvalue weighted by Crippen LogP contribution is -2.45. The van der Waals surface area contributed by atoms with Crippen molar-refractivity contribution in [2.45, 2.75) is 424 Å². The summed E-state index contributed by atoms with van der Waals surface area (Å²) in [4.78, 5) is 24.6. The molecule has 0 fully saturated rings. The van der Waals surface area contributed by atoms with Crippen LogP contribution in [0.3, 0.4) is 0 Å². The Hall–Kier alpha value is -1.14. The fraction of sp³-hybridized carbons (Fsp3) is 0.971. The van der Waals surface area contributed by atoms with E-state index in [0.29, 0.717) is 25.9 Å². The monoisotopic (exact) mass is 1070 g/mol. The van der Waals surface area contributed by atoms with Gasteiger partial charge in [0.15, 0.2) is 0 Å². The predicted molar refractivity (Wildman–Crippen MR) is 334 cm³/mol. The molecule has 6 nitrogen and oxygen atoms in total. The van der Waals surface area contributed by atoms with Crippen LogP contribution in [0.2, 0.25) is 0 Å². The van der Waals surface area contributed by atoms with E-state index in [9.17, 15) is 19.8 Å². The third-order valence-corrected chi connectivity index (χ3v) is 16.9. The molecule has 2 atom stereocenters. The van der Waals surface area contributed by atoms with Gasteiger partial charge in [0.2, 0.25) is 5.91 Å². The molecule has 0 saturated carbocycles. The van der Waals surface area contributed by atoms with Crippen LogP contribution in [0.4, 0.5) is 0 Å². The minimum Gasteiger partial charge on any atom is -0.466 e. The number of aliphatic hydroxyl groups is 2. The zero-order valence-corrected chi connectivity index (χ0v) is 52.0. The van der Waals surface area contributed by atoms with Crippen LogP contribution in [0, 0.1) is 0 Å².